The molecule has 0 bridgehead atoms. The number of ether oxygens (including phenoxy) is 1. The molecule has 0 aromatic rings. The Morgan fingerprint density at radius 2 is 2.16 bits per heavy atom. The SMILES string of the molecule is CC(NCCN1CCCC(N(C)C)C1)C1CCCO1. The molecule has 19 heavy (non-hydrogen) atoms. The Morgan fingerprint density at radius 3 is 2.84 bits per heavy atom. The molecule has 0 aromatic heterocycles. The van der Waals surface area contributed by atoms with Crippen molar-refractivity contribution in [2.24, 2.45) is 0 Å². The van der Waals surface area contributed by atoms with Gasteiger partial charge in [0.1, 0.15) is 0 Å². The Bertz CT molecular complexity index is 254. The number of hydrogen-bond acceptors (Lipinski definition) is 4. The fourth-order valence-corrected chi connectivity index (χ4v) is 3.23. The van der Waals surface area contributed by atoms with Crippen LogP contribution in [0.25, 0.3) is 0 Å². The van der Waals surface area contributed by atoms with Gasteiger partial charge in [-0.2, -0.15) is 0 Å². The Morgan fingerprint density at radius 1 is 1.32 bits per heavy atom. The van der Waals surface area contributed by atoms with Crippen molar-refractivity contribution in [3.8, 4) is 0 Å². The predicted octanol–water partition coefficient (Wildman–Crippen LogP) is 1.17. The third kappa shape index (κ3) is 4.71. The Kier molecular flexibility index (Phi) is 6.07. The van der Waals surface area contributed by atoms with Crippen LogP contribution in [0.4, 0.5) is 0 Å². The van der Waals surface area contributed by atoms with Gasteiger partial charge in [0.15, 0.2) is 0 Å². The van der Waals surface area contributed by atoms with Gasteiger partial charge in [0, 0.05) is 38.3 Å². The summed E-state index contributed by atoms with van der Waals surface area (Å²) in [7, 11) is 4.40. The third-order valence-electron chi connectivity index (χ3n) is 4.63. The van der Waals surface area contributed by atoms with E-state index in [1.165, 1.54) is 45.3 Å². The maximum atomic E-state index is 5.72. The molecule has 0 amide bonds. The normalized spacial score (nSPS) is 30.9. The standard InChI is InChI=1S/C15H31N3O/c1-13(15-7-5-11-19-15)16-8-10-18-9-4-6-14(12-18)17(2)3/h13-16H,4-12H2,1-3H3. The smallest absolute Gasteiger partial charge is 0.0726 e. The maximum absolute atomic E-state index is 5.72. The first kappa shape index (κ1) is 15.2. The summed E-state index contributed by atoms with van der Waals surface area (Å²) in [6.45, 7) is 7.95. The summed E-state index contributed by atoms with van der Waals surface area (Å²) >= 11 is 0. The van der Waals surface area contributed by atoms with Crippen LogP contribution >= 0.6 is 0 Å². The predicted molar refractivity (Wildman–Crippen MR) is 79.6 cm³/mol. The summed E-state index contributed by atoms with van der Waals surface area (Å²) in [4.78, 5) is 4.97. The molecule has 112 valence electrons. The highest BCUT2D eigenvalue weighted by Gasteiger charge is 2.23. The van der Waals surface area contributed by atoms with Gasteiger partial charge in [0.05, 0.1) is 6.10 Å². The highest BCUT2D eigenvalue weighted by Crippen LogP contribution is 2.16. The second-order valence-electron chi connectivity index (χ2n) is 6.35. The van der Waals surface area contributed by atoms with Crippen molar-refractivity contribution in [1.82, 2.24) is 15.1 Å². The molecule has 4 heteroatoms. The van der Waals surface area contributed by atoms with E-state index in [1.807, 2.05) is 0 Å². The van der Waals surface area contributed by atoms with Gasteiger partial charge in [0.25, 0.3) is 0 Å². The zero-order chi connectivity index (χ0) is 13.7. The molecule has 0 aromatic carbocycles. The topological polar surface area (TPSA) is 27.7 Å². The second kappa shape index (κ2) is 7.58. The molecule has 2 aliphatic rings. The molecule has 0 saturated carbocycles. The van der Waals surface area contributed by atoms with Gasteiger partial charge >= 0.3 is 0 Å². The Balaban J connectivity index is 1.62. The van der Waals surface area contributed by atoms with Crippen LogP contribution in [0.2, 0.25) is 0 Å². The summed E-state index contributed by atoms with van der Waals surface area (Å²) in [5, 5.41) is 3.64. The summed E-state index contributed by atoms with van der Waals surface area (Å²) in [5.41, 5.74) is 0. The highest BCUT2D eigenvalue weighted by atomic mass is 16.5. The van der Waals surface area contributed by atoms with Crippen molar-refractivity contribution in [3.63, 3.8) is 0 Å². The van der Waals surface area contributed by atoms with Crippen LogP contribution in [-0.4, -0.2) is 74.9 Å². The number of rotatable bonds is 6. The monoisotopic (exact) mass is 269 g/mol. The van der Waals surface area contributed by atoms with E-state index in [4.69, 9.17) is 4.74 Å². The minimum absolute atomic E-state index is 0.441. The van der Waals surface area contributed by atoms with Crippen molar-refractivity contribution in [2.75, 3.05) is 46.9 Å². The molecule has 0 aliphatic carbocycles. The van der Waals surface area contributed by atoms with Crippen LogP contribution in [-0.2, 0) is 4.74 Å². The lowest BCUT2D eigenvalue weighted by atomic mass is 10.0. The van der Waals surface area contributed by atoms with E-state index < -0.39 is 0 Å². The maximum Gasteiger partial charge on any atom is 0.0726 e. The van der Waals surface area contributed by atoms with Gasteiger partial charge < -0.3 is 19.9 Å². The summed E-state index contributed by atoms with van der Waals surface area (Å²) in [6.07, 6.45) is 5.58. The number of hydrogen-bond donors (Lipinski definition) is 1. The number of likely N-dealkylation sites (tertiary alicyclic amines) is 1. The molecule has 2 aliphatic heterocycles. The van der Waals surface area contributed by atoms with Gasteiger partial charge in [-0.05, 0) is 53.2 Å². The van der Waals surface area contributed by atoms with Crippen molar-refractivity contribution in [3.05, 3.63) is 0 Å². The quantitative estimate of drug-likeness (QED) is 0.783. The van der Waals surface area contributed by atoms with Crippen LogP contribution < -0.4 is 5.32 Å². The van der Waals surface area contributed by atoms with E-state index in [-0.39, 0.29) is 0 Å². The fourth-order valence-electron chi connectivity index (χ4n) is 3.23. The van der Waals surface area contributed by atoms with Crippen molar-refractivity contribution < 1.29 is 4.74 Å². The average Bonchev–Trinajstić information content (AvgIpc) is 2.93. The highest BCUT2D eigenvalue weighted by molar-refractivity contribution is 4.80. The molecule has 2 fully saturated rings. The number of nitrogens with one attached hydrogen (secondary N) is 1. The zero-order valence-corrected chi connectivity index (χ0v) is 12.9. The molecule has 0 radical (unpaired) electrons. The Labute approximate surface area is 118 Å². The lowest BCUT2D eigenvalue weighted by molar-refractivity contribution is 0.0806. The van der Waals surface area contributed by atoms with Crippen molar-refractivity contribution in [1.29, 1.82) is 0 Å². The van der Waals surface area contributed by atoms with Gasteiger partial charge in [-0.1, -0.05) is 0 Å². The van der Waals surface area contributed by atoms with Crippen LogP contribution in [0.15, 0.2) is 0 Å². The molecule has 2 saturated heterocycles. The molecule has 2 rings (SSSR count). The first-order valence-electron chi connectivity index (χ1n) is 7.90. The molecule has 3 atom stereocenters. The van der Waals surface area contributed by atoms with Gasteiger partial charge in [-0.15, -0.1) is 0 Å². The number of piperidine rings is 1. The van der Waals surface area contributed by atoms with E-state index in [1.54, 1.807) is 0 Å². The van der Waals surface area contributed by atoms with Gasteiger partial charge in [0.2, 0.25) is 0 Å². The molecule has 2 heterocycles. The van der Waals surface area contributed by atoms with E-state index in [2.05, 4.69) is 36.1 Å². The third-order valence-corrected chi connectivity index (χ3v) is 4.63. The summed E-state index contributed by atoms with van der Waals surface area (Å²) < 4.78 is 5.72. The number of likely N-dealkylation sites (N-methyl/N-ethyl adjacent to an activating group) is 1. The van der Waals surface area contributed by atoms with Gasteiger partial charge in [-0.25, -0.2) is 0 Å². The van der Waals surface area contributed by atoms with E-state index in [9.17, 15) is 0 Å². The summed E-state index contributed by atoms with van der Waals surface area (Å²) in [6, 6.07) is 1.24. The van der Waals surface area contributed by atoms with Crippen LogP contribution in [0.3, 0.4) is 0 Å². The first-order chi connectivity index (χ1) is 9.16. The van der Waals surface area contributed by atoms with Gasteiger partial charge in [-0.3, -0.25) is 0 Å². The molecule has 1 N–H and O–H groups in total. The van der Waals surface area contributed by atoms with Crippen LogP contribution in [0, 0.1) is 0 Å². The lowest BCUT2D eigenvalue weighted by Gasteiger charge is -2.36. The molecule has 3 unspecified atom stereocenters. The Hall–Kier alpha value is -0.160. The molecular weight excluding hydrogens is 238 g/mol. The first-order valence-corrected chi connectivity index (χ1v) is 7.90. The largest absolute Gasteiger partial charge is 0.377 e. The van der Waals surface area contributed by atoms with E-state index in [0.29, 0.717) is 12.1 Å². The van der Waals surface area contributed by atoms with Crippen molar-refractivity contribution in [2.45, 2.75) is 50.8 Å². The van der Waals surface area contributed by atoms with E-state index >= 15 is 0 Å². The second-order valence-corrected chi connectivity index (χ2v) is 6.35. The van der Waals surface area contributed by atoms with Crippen molar-refractivity contribution >= 4 is 0 Å². The van der Waals surface area contributed by atoms with Crippen LogP contribution in [0.5, 0.6) is 0 Å². The zero-order valence-electron chi connectivity index (χ0n) is 12.9. The number of nitrogens with zero attached hydrogens (tertiary/aromatic N) is 2. The van der Waals surface area contributed by atoms with E-state index in [0.717, 1.165) is 19.2 Å². The molecular formula is C15H31N3O. The minimum Gasteiger partial charge on any atom is -0.377 e. The summed E-state index contributed by atoms with van der Waals surface area (Å²) in [5.74, 6) is 0. The lowest BCUT2D eigenvalue weighted by Crippen LogP contribution is -2.48. The average molecular weight is 269 g/mol. The molecule has 0 spiro atoms. The molecule has 4 nitrogen and oxygen atoms in total. The minimum atomic E-state index is 0.441. The van der Waals surface area contributed by atoms with Crippen LogP contribution in [0.1, 0.15) is 32.6 Å². The fraction of sp³-hybridized carbons (Fsp3) is 1.00.